The van der Waals surface area contributed by atoms with Crippen molar-refractivity contribution in [3.05, 3.63) is 0 Å². The monoisotopic (exact) mass is 248 g/mol. The van der Waals surface area contributed by atoms with Gasteiger partial charge in [0.15, 0.2) is 6.10 Å². The highest BCUT2D eigenvalue weighted by Gasteiger charge is 2.50. The molecule has 1 aliphatic heterocycles. The van der Waals surface area contributed by atoms with Gasteiger partial charge in [0.05, 0.1) is 13.2 Å². The Hall–Kier alpha value is -0.690. The lowest BCUT2D eigenvalue weighted by molar-refractivity contribution is -0.247. The smallest absolute Gasteiger partial charge is 0.337 e. The lowest BCUT2D eigenvalue weighted by Crippen LogP contribution is -2.62. The largest absolute Gasteiger partial charge is 0.467 e. The number of carbonyl (C=O) groups is 1. The van der Waals surface area contributed by atoms with E-state index in [-0.39, 0.29) is 0 Å². The van der Waals surface area contributed by atoms with E-state index in [1.54, 1.807) is 20.8 Å². The van der Waals surface area contributed by atoms with Crippen LogP contribution in [0.3, 0.4) is 0 Å². The molecule has 0 amide bonds. The Labute approximate surface area is 100 Å². The molecule has 6 heteroatoms. The van der Waals surface area contributed by atoms with Gasteiger partial charge in [-0.05, 0) is 5.41 Å². The fourth-order valence-electron chi connectivity index (χ4n) is 1.91. The first-order valence-corrected chi connectivity index (χ1v) is 5.47. The van der Waals surface area contributed by atoms with E-state index in [9.17, 15) is 20.1 Å². The minimum absolute atomic E-state index is 0.479. The summed E-state index contributed by atoms with van der Waals surface area (Å²) in [4.78, 5) is 11.4. The molecule has 0 aromatic carbocycles. The Morgan fingerprint density at radius 2 is 1.65 bits per heavy atom. The number of hydrogen-bond donors (Lipinski definition) is 3. The molecule has 2 unspecified atom stereocenters. The molecular formula is C11H20O6. The summed E-state index contributed by atoms with van der Waals surface area (Å²) in [5.74, 6) is -0.766. The molecule has 0 aliphatic carbocycles. The van der Waals surface area contributed by atoms with E-state index >= 15 is 0 Å². The van der Waals surface area contributed by atoms with Crippen molar-refractivity contribution < 1.29 is 29.6 Å². The predicted octanol–water partition coefficient (Wildman–Crippen LogP) is -0.944. The van der Waals surface area contributed by atoms with Gasteiger partial charge in [0, 0.05) is 0 Å². The summed E-state index contributed by atoms with van der Waals surface area (Å²) >= 11 is 0. The molecule has 1 saturated heterocycles. The van der Waals surface area contributed by atoms with Gasteiger partial charge in [-0.15, -0.1) is 0 Å². The van der Waals surface area contributed by atoms with E-state index in [0.29, 0.717) is 0 Å². The van der Waals surface area contributed by atoms with Crippen LogP contribution in [0.2, 0.25) is 0 Å². The van der Waals surface area contributed by atoms with E-state index < -0.39 is 41.9 Å². The van der Waals surface area contributed by atoms with Crippen LogP contribution in [0.5, 0.6) is 0 Å². The Morgan fingerprint density at radius 1 is 1.12 bits per heavy atom. The first kappa shape index (κ1) is 14.4. The van der Waals surface area contributed by atoms with E-state index in [1.165, 1.54) is 7.11 Å². The summed E-state index contributed by atoms with van der Waals surface area (Å²) in [6.07, 6.45) is -6.20. The summed E-state index contributed by atoms with van der Waals surface area (Å²) in [5.41, 5.74) is -0.479. The average molecular weight is 248 g/mol. The van der Waals surface area contributed by atoms with Gasteiger partial charge in [-0.2, -0.15) is 0 Å². The third kappa shape index (κ3) is 2.77. The molecular weight excluding hydrogens is 228 g/mol. The van der Waals surface area contributed by atoms with Crippen molar-refractivity contribution in [3.8, 4) is 0 Å². The van der Waals surface area contributed by atoms with Crippen LogP contribution in [-0.2, 0) is 14.3 Å². The SMILES string of the molecule is COC(=O)[C@H]1O[C@@H](C(C)(C)C)C(O)[C@@H](O)C1O. The minimum atomic E-state index is -1.49. The third-order valence-electron chi connectivity index (χ3n) is 2.90. The second kappa shape index (κ2) is 4.89. The van der Waals surface area contributed by atoms with Gasteiger partial charge in [0.2, 0.25) is 0 Å². The third-order valence-corrected chi connectivity index (χ3v) is 2.90. The molecule has 1 aliphatic rings. The molecule has 0 saturated carbocycles. The second-order valence-corrected chi connectivity index (χ2v) is 5.34. The lowest BCUT2D eigenvalue weighted by Gasteiger charge is -2.44. The van der Waals surface area contributed by atoms with Crippen molar-refractivity contribution in [2.24, 2.45) is 5.41 Å². The van der Waals surface area contributed by atoms with Gasteiger partial charge in [-0.25, -0.2) is 4.79 Å². The zero-order chi connectivity index (χ0) is 13.4. The van der Waals surface area contributed by atoms with Gasteiger partial charge in [0.25, 0.3) is 0 Å². The highest BCUT2D eigenvalue weighted by Crippen LogP contribution is 2.33. The Kier molecular flexibility index (Phi) is 4.14. The summed E-state index contributed by atoms with van der Waals surface area (Å²) in [7, 11) is 1.17. The fraction of sp³-hybridized carbons (Fsp3) is 0.909. The fourth-order valence-corrected chi connectivity index (χ4v) is 1.91. The molecule has 17 heavy (non-hydrogen) atoms. The molecule has 1 heterocycles. The number of aliphatic hydroxyl groups excluding tert-OH is 3. The van der Waals surface area contributed by atoms with E-state index in [4.69, 9.17) is 4.74 Å². The number of esters is 1. The van der Waals surface area contributed by atoms with Gasteiger partial charge in [-0.1, -0.05) is 20.8 Å². The molecule has 5 atom stereocenters. The zero-order valence-electron chi connectivity index (χ0n) is 10.5. The van der Waals surface area contributed by atoms with Crippen LogP contribution in [0, 0.1) is 5.41 Å². The maximum atomic E-state index is 11.4. The first-order chi connectivity index (χ1) is 7.70. The van der Waals surface area contributed by atoms with Crippen molar-refractivity contribution in [1.82, 2.24) is 0 Å². The average Bonchev–Trinajstić information content (AvgIpc) is 2.23. The molecule has 100 valence electrons. The Balaban J connectivity index is 2.94. The predicted molar refractivity (Wildman–Crippen MR) is 58.2 cm³/mol. The minimum Gasteiger partial charge on any atom is -0.467 e. The lowest BCUT2D eigenvalue weighted by atomic mass is 9.80. The number of hydrogen-bond acceptors (Lipinski definition) is 6. The molecule has 0 aromatic rings. The van der Waals surface area contributed by atoms with Crippen molar-refractivity contribution in [3.63, 3.8) is 0 Å². The van der Waals surface area contributed by atoms with Crippen LogP contribution in [0.4, 0.5) is 0 Å². The topological polar surface area (TPSA) is 96.2 Å². The number of methoxy groups -OCH3 is 1. The maximum Gasteiger partial charge on any atom is 0.337 e. The number of aliphatic hydroxyl groups is 3. The summed E-state index contributed by atoms with van der Waals surface area (Å²) < 4.78 is 9.85. The second-order valence-electron chi connectivity index (χ2n) is 5.34. The van der Waals surface area contributed by atoms with Gasteiger partial charge in [0.1, 0.15) is 18.3 Å². The number of rotatable bonds is 1. The molecule has 1 fully saturated rings. The molecule has 1 rings (SSSR count). The number of carbonyl (C=O) groups excluding carboxylic acids is 1. The standard InChI is InChI=1S/C11H20O6/c1-11(2,3)9-7(14)5(12)6(13)8(17-9)10(15)16-4/h5-9,12-14H,1-4H3/t5-,6?,7?,8-,9+/m0/s1. The van der Waals surface area contributed by atoms with Gasteiger partial charge >= 0.3 is 5.97 Å². The molecule has 0 aromatic heterocycles. The molecule has 0 spiro atoms. The molecule has 6 nitrogen and oxygen atoms in total. The maximum absolute atomic E-state index is 11.4. The summed E-state index contributed by atoms with van der Waals surface area (Å²) in [5, 5.41) is 29.2. The molecule has 0 bridgehead atoms. The van der Waals surface area contributed by atoms with E-state index in [1.807, 2.05) is 0 Å². The van der Waals surface area contributed by atoms with Crippen molar-refractivity contribution in [1.29, 1.82) is 0 Å². The van der Waals surface area contributed by atoms with E-state index in [0.717, 1.165) is 0 Å². The van der Waals surface area contributed by atoms with Crippen LogP contribution in [0.25, 0.3) is 0 Å². The van der Waals surface area contributed by atoms with E-state index in [2.05, 4.69) is 4.74 Å². The Morgan fingerprint density at radius 3 is 2.06 bits per heavy atom. The van der Waals surface area contributed by atoms with Crippen LogP contribution in [0.15, 0.2) is 0 Å². The van der Waals surface area contributed by atoms with Crippen LogP contribution in [0.1, 0.15) is 20.8 Å². The first-order valence-electron chi connectivity index (χ1n) is 5.47. The van der Waals surface area contributed by atoms with Gasteiger partial charge < -0.3 is 24.8 Å². The van der Waals surface area contributed by atoms with Crippen LogP contribution in [-0.4, -0.2) is 58.9 Å². The van der Waals surface area contributed by atoms with Crippen LogP contribution < -0.4 is 0 Å². The summed E-state index contributed by atoms with van der Waals surface area (Å²) in [6, 6.07) is 0. The molecule has 3 N–H and O–H groups in total. The number of ether oxygens (including phenoxy) is 2. The summed E-state index contributed by atoms with van der Waals surface area (Å²) in [6.45, 7) is 5.42. The quantitative estimate of drug-likeness (QED) is 0.518. The van der Waals surface area contributed by atoms with Crippen molar-refractivity contribution in [2.75, 3.05) is 7.11 Å². The van der Waals surface area contributed by atoms with Crippen LogP contribution >= 0.6 is 0 Å². The van der Waals surface area contributed by atoms with Crippen molar-refractivity contribution >= 4 is 5.97 Å². The highest BCUT2D eigenvalue weighted by molar-refractivity contribution is 5.75. The van der Waals surface area contributed by atoms with Gasteiger partial charge in [-0.3, -0.25) is 0 Å². The molecule has 0 radical (unpaired) electrons. The normalized spacial score (nSPS) is 38.9. The Bertz CT molecular complexity index is 284. The highest BCUT2D eigenvalue weighted by atomic mass is 16.6. The van der Waals surface area contributed by atoms with Crippen molar-refractivity contribution in [2.45, 2.75) is 51.3 Å². The zero-order valence-corrected chi connectivity index (χ0v) is 10.5.